The number of nitrogens with zero attached hydrogens (tertiary/aromatic N) is 1. The highest BCUT2D eigenvalue weighted by Crippen LogP contribution is 2.18. The first-order valence-corrected chi connectivity index (χ1v) is 7.72. The molecule has 0 aliphatic carbocycles. The predicted octanol–water partition coefficient (Wildman–Crippen LogP) is 4.11. The summed E-state index contributed by atoms with van der Waals surface area (Å²) in [6, 6.07) is 8.79. The Morgan fingerprint density at radius 1 is 1.44 bits per heavy atom. The molecule has 0 spiro atoms. The molecule has 0 radical (unpaired) electrons. The van der Waals surface area contributed by atoms with E-state index in [1.54, 1.807) is 11.3 Å². The quantitative estimate of drug-likeness (QED) is 0.895. The molecule has 0 fully saturated rings. The number of nitrogens with one attached hydrogen (secondary N) is 1. The molecule has 1 unspecified atom stereocenters. The van der Waals surface area contributed by atoms with Gasteiger partial charge in [0, 0.05) is 34.6 Å². The van der Waals surface area contributed by atoms with Crippen molar-refractivity contribution in [2.75, 3.05) is 6.54 Å². The zero-order valence-corrected chi connectivity index (χ0v) is 13.0. The molecule has 1 heterocycles. The second-order valence-corrected chi connectivity index (χ2v) is 6.22. The molecule has 2 nitrogen and oxygen atoms in total. The van der Waals surface area contributed by atoms with Gasteiger partial charge in [0.15, 0.2) is 0 Å². The predicted molar refractivity (Wildman–Crippen MR) is 81.1 cm³/mol. The van der Waals surface area contributed by atoms with Gasteiger partial charge in [-0.2, -0.15) is 0 Å². The van der Waals surface area contributed by atoms with Crippen LogP contribution in [-0.4, -0.2) is 11.5 Å². The van der Waals surface area contributed by atoms with Crippen LogP contribution in [0, 0.1) is 6.92 Å². The first-order valence-electron chi connectivity index (χ1n) is 6.05. The number of rotatable bonds is 5. The van der Waals surface area contributed by atoms with E-state index in [1.165, 1.54) is 10.6 Å². The third kappa shape index (κ3) is 3.90. The Hall–Kier alpha value is -0.710. The van der Waals surface area contributed by atoms with Crippen LogP contribution in [0.2, 0.25) is 0 Å². The average Bonchev–Trinajstić information content (AvgIpc) is 2.75. The van der Waals surface area contributed by atoms with Gasteiger partial charge in [0.2, 0.25) is 0 Å². The van der Waals surface area contributed by atoms with Crippen molar-refractivity contribution in [2.24, 2.45) is 0 Å². The van der Waals surface area contributed by atoms with Crippen molar-refractivity contribution in [2.45, 2.75) is 26.3 Å². The van der Waals surface area contributed by atoms with Gasteiger partial charge < -0.3 is 5.32 Å². The van der Waals surface area contributed by atoms with Gasteiger partial charge in [-0.05, 0) is 31.5 Å². The van der Waals surface area contributed by atoms with Crippen LogP contribution >= 0.6 is 27.3 Å². The first kappa shape index (κ1) is 13.7. The second kappa shape index (κ2) is 6.45. The van der Waals surface area contributed by atoms with Crippen molar-refractivity contribution in [1.82, 2.24) is 10.3 Å². The fourth-order valence-electron chi connectivity index (χ4n) is 1.81. The molecule has 96 valence electrons. The Morgan fingerprint density at radius 2 is 2.28 bits per heavy atom. The van der Waals surface area contributed by atoms with Gasteiger partial charge in [0.1, 0.15) is 0 Å². The number of aryl methyl sites for hydroxylation is 1. The standard InChI is InChI=1S/C14H17BrN2S/c1-10-9-18-14(17-10)6-7-16-11(2)12-4-3-5-13(15)8-12/h3-5,8-9,11,16H,6-7H2,1-2H3. The Kier molecular flexibility index (Phi) is 4.92. The zero-order chi connectivity index (χ0) is 13.0. The summed E-state index contributed by atoms with van der Waals surface area (Å²) < 4.78 is 1.13. The summed E-state index contributed by atoms with van der Waals surface area (Å²) in [7, 11) is 0. The molecular formula is C14H17BrN2S. The van der Waals surface area contributed by atoms with E-state index in [1.807, 2.05) is 6.92 Å². The fourth-order valence-corrected chi connectivity index (χ4v) is 3.00. The summed E-state index contributed by atoms with van der Waals surface area (Å²) in [5.74, 6) is 0. The summed E-state index contributed by atoms with van der Waals surface area (Å²) in [4.78, 5) is 4.47. The van der Waals surface area contributed by atoms with Crippen molar-refractivity contribution in [1.29, 1.82) is 0 Å². The average molecular weight is 325 g/mol. The van der Waals surface area contributed by atoms with Crippen molar-refractivity contribution in [3.63, 3.8) is 0 Å². The minimum atomic E-state index is 0.364. The van der Waals surface area contributed by atoms with Crippen LogP contribution in [0.1, 0.15) is 29.2 Å². The van der Waals surface area contributed by atoms with Crippen LogP contribution < -0.4 is 5.32 Å². The lowest BCUT2D eigenvalue weighted by Gasteiger charge is -2.14. The van der Waals surface area contributed by atoms with E-state index in [9.17, 15) is 0 Å². The summed E-state index contributed by atoms with van der Waals surface area (Å²) >= 11 is 5.24. The third-order valence-electron chi connectivity index (χ3n) is 2.80. The topological polar surface area (TPSA) is 24.9 Å². The molecule has 1 N–H and O–H groups in total. The highest BCUT2D eigenvalue weighted by molar-refractivity contribution is 9.10. The van der Waals surface area contributed by atoms with Crippen molar-refractivity contribution in [3.8, 4) is 0 Å². The summed E-state index contributed by atoms with van der Waals surface area (Å²) in [6.07, 6.45) is 0.997. The lowest BCUT2D eigenvalue weighted by Crippen LogP contribution is -2.21. The molecule has 2 rings (SSSR count). The molecule has 0 saturated carbocycles. The summed E-state index contributed by atoms with van der Waals surface area (Å²) in [5, 5.41) is 6.84. The van der Waals surface area contributed by atoms with Gasteiger partial charge in [-0.3, -0.25) is 0 Å². The number of thiazole rings is 1. The minimum absolute atomic E-state index is 0.364. The van der Waals surface area contributed by atoms with Crippen LogP contribution in [0.5, 0.6) is 0 Å². The monoisotopic (exact) mass is 324 g/mol. The maximum absolute atomic E-state index is 4.47. The lowest BCUT2D eigenvalue weighted by atomic mass is 10.1. The maximum Gasteiger partial charge on any atom is 0.0940 e. The molecule has 4 heteroatoms. The van der Waals surface area contributed by atoms with Crippen molar-refractivity contribution in [3.05, 3.63) is 50.4 Å². The molecule has 0 bridgehead atoms. The highest BCUT2D eigenvalue weighted by Gasteiger charge is 2.05. The van der Waals surface area contributed by atoms with E-state index in [-0.39, 0.29) is 0 Å². The van der Waals surface area contributed by atoms with E-state index >= 15 is 0 Å². The van der Waals surface area contributed by atoms with Crippen LogP contribution in [-0.2, 0) is 6.42 Å². The fraction of sp³-hybridized carbons (Fsp3) is 0.357. The van der Waals surface area contributed by atoms with Crippen LogP contribution in [0.3, 0.4) is 0 Å². The molecule has 1 atom stereocenters. The minimum Gasteiger partial charge on any atom is -0.310 e. The lowest BCUT2D eigenvalue weighted by molar-refractivity contribution is 0.576. The summed E-state index contributed by atoms with van der Waals surface area (Å²) in [6.45, 7) is 5.19. The van der Waals surface area contributed by atoms with Gasteiger partial charge in [-0.15, -0.1) is 11.3 Å². The zero-order valence-electron chi connectivity index (χ0n) is 10.6. The molecule has 1 aromatic carbocycles. The second-order valence-electron chi connectivity index (χ2n) is 4.36. The highest BCUT2D eigenvalue weighted by atomic mass is 79.9. The van der Waals surface area contributed by atoms with E-state index in [0.29, 0.717) is 6.04 Å². The van der Waals surface area contributed by atoms with E-state index < -0.39 is 0 Å². The largest absolute Gasteiger partial charge is 0.310 e. The van der Waals surface area contributed by atoms with Gasteiger partial charge in [-0.25, -0.2) is 4.98 Å². The van der Waals surface area contributed by atoms with Crippen molar-refractivity contribution < 1.29 is 0 Å². The number of aromatic nitrogens is 1. The molecule has 0 saturated heterocycles. The van der Waals surface area contributed by atoms with Gasteiger partial charge in [0.25, 0.3) is 0 Å². The van der Waals surface area contributed by atoms with Gasteiger partial charge in [0.05, 0.1) is 5.01 Å². The van der Waals surface area contributed by atoms with Crippen LogP contribution in [0.15, 0.2) is 34.1 Å². The summed E-state index contributed by atoms with van der Waals surface area (Å²) in [5.41, 5.74) is 2.43. The number of benzene rings is 1. The van der Waals surface area contributed by atoms with Crippen LogP contribution in [0.4, 0.5) is 0 Å². The van der Waals surface area contributed by atoms with Crippen LogP contribution in [0.25, 0.3) is 0 Å². The smallest absolute Gasteiger partial charge is 0.0940 e. The number of hydrogen-bond donors (Lipinski definition) is 1. The van der Waals surface area contributed by atoms with E-state index in [4.69, 9.17) is 0 Å². The first-order chi connectivity index (χ1) is 8.65. The molecular weight excluding hydrogens is 308 g/mol. The Morgan fingerprint density at radius 3 is 2.94 bits per heavy atom. The Balaban J connectivity index is 1.83. The molecule has 1 aromatic heterocycles. The van der Waals surface area contributed by atoms with Crippen molar-refractivity contribution >= 4 is 27.3 Å². The molecule has 2 aromatic rings. The Bertz CT molecular complexity index is 510. The molecule has 0 amide bonds. The number of hydrogen-bond acceptors (Lipinski definition) is 3. The molecule has 18 heavy (non-hydrogen) atoms. The van der Waals surface area contributed by atoms with Gasteiger partial charge in [-0.1, -0.05) is 28.1 Å². The Labute approximate surface area is 121 Å². The normalized spacial score (nSPS) is 12.6. The maximum atomic E-state index is 4.47. The SMILES string of the molecule is Cc1csc(CCNC(C)c2cccc(Br)c2)n1. The molecule has 0 aliphatic heterocycles. The third-order valence-corrected chi connectivity index (χ3v) is 4.32. The molecule has 0 aliphatic rings. The number of halogens is 1. The van der Waals surface area contributed by atoms with Gasteiger partial charge >= 0.3 is 0 Å². The van der Waals surface area contributed by atoms with E-state index in [0.717, 1.165) is 23.1 Å². The van der Waals surface area contributed by atoms with E-state index in [2.05, 4.69) is 62.8 Å².